The zero-order valence-electron chi connectivity index (χ0n) is 10.1. The Bertz CT molecular complexity index is 774. The summed E-state index contributed by atoms with van der Waals surface area (Å²) in [5.41, 5.74) is 3.85. The zero-order chi connectivity index (χ0) is 12.7. The Morgan fingerprint density at radius 1 is 1.28 bits per heavy atom. The molecule has 3 aromatic rings. The summed E-state index contributed by atoms with van der Waals surface area (Å²) in [6, 6.07) is 10.3. The van der Waals surface area contributed by atoms with E-state index >= 15 is 0 Å². The minimum atomic E-state index is 0.666. The number of benzene rings is 1. The number of hydrogen-bond donors (Lipinski definition) is 0. The van der Waals surface area contributed by atoms with Crippen LogP contribution in [0.4, 0.5) is 0 Å². The van der Waals surface area contributed by atoms with E-state index in [1.54, 1.807) is 11.3 Å². The quantitative estimate of drug-likeness (QED) is 0.666. The second-order valence-electron chi connectivity index (χ2n) is 4.25. The molecular formula is C14H11N3S. The van der Waals surface area contributed by atoms with Gasteiger partial charge in [-0.05, 0) is 30.7 Å². The van der Waals surface area contributed by atoms with E-state index in [9.17, 15) is 0 Å². The zero-order valence-corrected chi connectivity index (χ0v) is 11.0. The first kappa shape index (κ1) is 11.0. The number of nitriles is 1. The van der Waals surface area contributed by atoms with Crippen LogP contribution in [0.1, 0.15) is 10.7 Å². The molecular weight excluding hydrogens is 242 g/mol. The fourth-order valence-electron chi connectivity index (χ4n) is 2.06. The normalized spacial score (nSPS) is 10.7. The molecule has 0 N–H and O–H groups in total. The van der Waals surface area contributed by atoms with Crippen LogP contribution in [-0.4, -0.2) is 9.55 Å². The second-order valence-corrected chi connectivity index (χ2v) is 5.49. The molecule has 3 nitrogen and oxygen atoms in total. The van der Waals surface area contributed by atoms with E-state index in [2.05, 4.69) is 29.3 Å². The van der Waals surface area contributed by atoms with Gasteiger partial charge in [-0.25, -0.2) is 4.98 Å². The van der Waals surface area contributed by atoms with Gasteiger partial charge in [0, 0.05) is 18.8 Å². The average molecular weight is 253 g/mol. The molecule has 0 atom stereocenters. The van der Waals surface area contributed by atoms with Gasteiger partial charge in [0.1, 0.15) is 11.8 Å². The van der Waals surface area contributed by atoms with Crippen LogP contribution in [-0.2, 0) is 7.05 Å². The monoisotopic (exact) mass is 253 g/mol. The SMILES string of the molecule is Cc1nc2cc(-c3cc(C#N)n(C)c3)ccc2s1. The first-order valence-electron chi connectivity index (χ1n) is 5.61. The van der Waals surface area contributed by atoms with Crippen molar-refractivity contribution in [1.82, 2.24) is 9.55 Å². The van der Waals surface area contributed by atoms with E-state index in [1.807, 2.05) is 30.8 Å². The molecule has 0 aliphatic heterocycles. The van der Waals surface area contributed by atoms with Gasteiger partial charge in [-0.2, -0.15) is 5.26 Å². The molecule has 0 aliphatic rings. The van der Waals surface area contributed by atoms with Crippen molar-refractivity contribution in [2.75, 3.05) is 0 Å². The summed E-state index contributed by atoms with van der Waals surface area (Å²) in [7, 11) is 1.88. The molecule has 1 aromatic carbocycles. The Morgan fingerprint density at radius 3 is 2.83 bits per heavy atom. The first-order valence-corrected chi connectivity index (χ1v) is 6.43. The van der Waals surface area contributed by atoms with Gasteiger partial charge >= 0.3 is 0 Å². The minimum Gasteiger partial charge on any atom is -0.342 e. The van der Waals surface area contributed by atoms with Gasteiger partial charge in [0.25, 0.3) is 0 Å². The van der Waals surface area contributed by atoms with Crippen molar-refractivity contribution in [3.05, 3.63) is 41.2 Å². The van der Waals surface area contributed by atoms with Gasteiger partial charge < -0.3 is 4.57 Å². The van der Waals surface area contributed by atoms with E-state index in [0.717, 1.165) is 21.7 Å². The number of fused-ring (bicyclic) bond motifs is 1. The summed E-state index contributed by atoms with van der Waals surface area (Å²) in [6.45, 7) is 2.01. The summed E-state index contributed by atoms with van der Waals surface area (Å²) in [5.74, 6) is 0. The predicted molar refractivity (Wildman–Crippen MR) is 73.5 cm³/mol. The van der Waals surface area contributed by atoms with Gasteiger partial charge in [0.2, 0.25) is 0 Å². The lowest BCUT2D eigenvalue weighted by Crippen LogP contribution is -1.86. The van der Waals surface area contributed by atoms with E-state index in [4.69, 9.17) is 5.26 Å². The Morgan fingerprint density at radius 2 is 2.11 bits per heavy atom. The number of nitrogens with zero attached hydrogens (tertiary/aromatic N) is 3. The first-order chi connectivity index (χ1) is 8.67. The Kier molecular flexibility index (Phi) is 2.42. The molecule has 3 rings (SSSR count). The van der Waals surface area contributed by atoms with Gasteiger partial charge in [0.15, 0.2) is 0 Å². The maximum absolute atomic E-state index is 8.97. The highest BCUT2D eigenvalue weighted by molar-refractivity contribution is 7.18. The molecule has 2 aromatic heterocycles. The van der Waals surface area contributed by atoms with Crippen LogP contribution in [0.2, 0.25) is 0 Å². The molecule has 4 heteroatoms. The van der Waals surface area contributed by atoms with Crippen molar-refractivity contribution in [2.24, 2.45) is 7.05 Å². The van der Waals surface area contributed by atoms with Crippen LogP contribution in [0.15, 0.2) is 30.5 Å². The van der Waals surface area contributed by atoms with Crippen molar-refractivity contribution in [3.63, 3.8) is 0 Å². The van der Waals surface area contributed by atoms with E-state index in [0.29, 0.717) is 5.69 Å². The Balaban J connectivity index is 2.15. The van der Waals surface area contributed by atoms with Crippen molar-refractivity contribution in [3.8, 4) is 17.2 Å². The molecule has 18 heavy (non-hydrogen) atoms. The standard InChI is InChI=1S/C14H11N3S/c1-9-16-13-6-10(3-4-14(13)18-9)11-5-12(7-15)17(2)8-11/h3-6,8H,1-2H3. The third kappa shape index (κ3) is 1.69. The molecule has 0 spiro atoms. The molecule has 0 saturated heterocycles. The van der Waals surface area contributed by atoms with Gasteiger partial charge in [-0.3, -0.25) is 0 Å². The summed E-state index contributed by atoms with van der Waals surface area (Å²) in [6.07, 6.45) is 1.97. The second kappa shape index (κ2) is 3.97. The van der Waals surface area contributed by atoms with Crippen LogP contribution in [0.5, 0.6) is 0 Å². The lowest BCUT2D eigenvalue weighted by Gasteiger charge is -1.96. The number of rotatable bonds is 1. The third-order valence-corrected chi connectivity index (χ3v) is 3.90. The molecule has 0 unspecified atom stereocenters. The number of hydrogen-bond acceptors (Lipinski definition) is 3. The van der Waals surface area contributed by atoms with Gasteiger partial charge in [-0.1, -0.05) is 6.07 Å². The molecule has 88 valence electrons. The van der Waals surface area contributed by atoms with Crippen molar-refractivity contribution < 1.29 is 0 Å². The van der Waals surface area contributed by atoms with Crippen LogP contribution < -0.4 is 0 Å². The minimum absolute atomic E-state index is 0.666. The van der Waals surface area contributed by atoms with E-state index in [-0.39, 0.29) is 0 Å². The highest BCUT2D eigenvalue weighted by Gasteiger charge is 2.07. The number of thiazole rings is 1. The number of aromatic nitrogens is 2. The topological polar surface area (TPSA) is 41.6 Å². The van der Waals surface area contributed by atoms with Gasteiger partial charge in [-0.15, -0.1) is 11.3 Å². The average Bonchev–Trinajstić information content (AvgIpc) is 2.89. The van der Waals surface area contributed by atoms with E-state index in [1.165, 1.54) is 4.70 Å². The summed E-state index contributed by atoms with van der Waals surface area (Å²) in [4.78, 5) is 4.50. The summed E-state index contributed by atoms with van der Waals surface area (Å²) >= 11 is 1.70. The maximum atomic E-state index is 8.97. The van der Waals surface area contributed by atoms with Gasteiger partial charge in [0.05, 0.1) is 15.2 Å². The largest absolute Gasteiger partial charge is 0.342 e. The lowest BCUT2D eigenvalue weighted by molar-refractivity contribution is 0.909. The number of aryl methyl sites for hydroxylation is 2. The van der Waals surface area contributed by atoms with E-state index < -0.39 is 0 Å². The van der Waals surface area contributed by atoms with Crippen LogP contribution in [0.25, 0.3) is 21.3 Å². The fourth-order valence-corrected chi connectivity index (χ4v) is 2.86. The fraction of sp³-hybridized carbons (Fsp3) is 0.143. The third-order valence-electron chi connectivity index (χ3n) is 2.95. The maximum Gasteiger partial charge on any atom is 0.120 e. The van der Waals surface area contributed by atoms with Crippen LogP contribution in [0.3, 0.4) is 0 Å². The highest BCUT2D eigenvalue weighted by Crippen LogP contribution is 2.28. The molecule has 0 radical (unpaired) electrons. The molecule has 0 saturated carbocycles. The smallest absolute Gasteiger partial charge is 0.120 e. The van der Waals surface area contributed by atoms with Crippen molar-refractivity contribution in [2.45, 2.75) is 6.92 Å². The van der Waals surface area contributed by atoms with Crippen molar-refractivity contribution >= 4 is 21.6 Å². The Hall–Kier alpha value is -2.12. The highest BCUT2D eigenvalue weighted by atomic mass is 32.1. The lowest BCUT2D eigenvalue weighted by atomic mass is 10.1. The molecule has 0 bridgehead atoms. The van der Waals surface area contributed by atoms with Crippen LogP contribution in [0, 0.1) is 18.3 Å². The van der Waals surface area contributed by atoms with Crippen LogP contribution >= 0.6 is 11.3 Å². The molecule has 0 aliphatic carbocycles. The predicted octanol–water partition coefficient (Wildman–Crippen LogP) is 3.48. The summed E-state index contributed by atoms with van der Waals surface area (Å²) in [5, 5.41) is 10.0. The molecule has 0 amide bonds. The molecule has 2 heterocycles. The summed E-state index contributed by atoms with van der Waals surface area (Å²) < 4.78 is 3.04. The molecule has 0 fully saturated rings. The Labute approximate surface area is 109 Å². The van der Waals surface area contributed by atoms with Crippen molar-refractivity contribution in [1.29, 1.82) is 5.26 Å².